The molecule has 0 aromatic heterocycles. The van der Waals surface area contributed by atoms with Crippen LogP contribution in [0, 0.1) is 17.8 Å². The molecular weight excluding hydrogens is 220 g/mol. The van der Waals surface area contributed by atoms with Crippen molar-refractivity contribution in [1.82, 2.24) is 4.90 Å². The second-order valence-electron chi connectivity index (χ2n) is 5.70. The maximum Gasteiger partial charge on any atom is 0.233 e. The normalized spacial score (nSPS) is 51.9. The van der Waals surface area contributed by atoms with Crippen molar-refractivity contribution in [2.45, 2.75) is 37.5 Å². The van der Waals surface area contributed by atoms with Crippen LogP contribution in [0.5, 0.6) is 0 Å². The largest absolute Gasteiger partial charge is 0.376 e. The van der Waals surface area contributed by atoms with Gasteiger partial charge in [0.15, 0.2) is 0 Å². The molecule has 4 aliphatic rings. The molecule has 2 N–H and O–H groups in total. The number of nitrogens with zero attached hydrogens (tertiary/aromatic N) is 1. The first-order valence-corrected chi connectivity index (χ1v) is 6.44. The van der Waals surface area contributed by atoms with Crippen LogP contribution in [0.2, 0.25) is 0 Å². The number of fused-ring (bicyclic) bond motifs is 2. The summed E-state index contributed by atoms with van der Waals surface area (Å²) in [4.78, 5) is 25.4. The van der Waals surface area contributed by atoms with E-state index in [2.05, 4.69) is 0 Å². The molecule has 6 atom stereocenters. The van der Waals surface area contributed by atoms with Crippen LogP contribution in [-0.4, -0.2) is 41.5 Å². The lowest BCUT2D eigenvalue weighted by Gasteiger charge is -2.54. The molecule has 6 unspecified atom stereocenters. The summed E-state index contributed by atoms with van der Waals surface area (Å²) < 4.78 is 5.69. The van der Waals surface area contributed by atoms with Crippen LogP contribution >= 0.6 is 0 Å². The molecule has 0 radical (unpaired) electrons. The van der Waals surface area contributed by atoms with Gasteiger partial charge in [0.05, 0.1) is 24.0 Å². The predicted molar refractivity (Wildman–Crippen MR) is 57.7 cm³/mol. The monoisotopic (exact) mass is 236 g/mol. The van der Waals surface area contributed by atoms with E-state index in [-0.39, 0.29) is 41.8 Å². The second kappa shape index (κ2) is 3.09. The Labute approximate surface area is 99.3 Å². The van der Waals surface area contributed by atoms with E-state index in [4.69, 9.17) is 10.5 Å². The molecule has 2 aliphatic heterocycles. The average molecular weight is 236 g/mol. The highest BCUT2D eigenvalue weighted by Crippen LogP contribution is 2.51. The number of amides is 2. The maximum atomic E-state index is 12.0. The first kappa shape index (κ1) is 10.0. The molecule has 0 spiro atoms. The number of carbonyl (C=O) groups is 2. The Balaban J connectivity index is 1.59. The molecule has 2 aliphatic carbocycles. The van der Waals surface area contributed by atoms with Crippen molar-refractivity contribution in [1.29, 1.82) is 0 Å². The molecule has 4 rings (SSSR count). The molecule has 17 heavy (non-hydrogen) atoms. The summed E-state index contributed by atoms with van der Waals surface area (Å²) in [6.45, 7) is 0.730. The third-order valence-corrected chi connectivity index (χ3v) is 4.84. The van der Waals surface area contributed by atoms with Crippen LogP contribution in [-0.2, 0) is 14.3 Å². The third-order valence-electron chi connectivity index (χ3n) is 4.84. The first-order chi connectivity index (χ1) is 8.20. The molecule has 5 heteroatoms. The fourth-order valence-electron chi connectivity index (χ4n) is 3.74. The van der Waals surface area contributed by atoms with Gasteiger partial charge >= 0.3 is 0 Å². The molecule has 0 aromatic rings. The van der Waals surface area contributed by atoms with Gasteiger partial charge in [-0.25, -0.2) is 0 Å². The van der Waals surface area contributed by atoms with Crippen LogP contribution in [0.15, 0.2) is 0 Å². The quantitative estimate of drug-likeness (QED) is 0.623. The number of hydrogen-bond acceptors (Lipinski definition) is 4. The number of rotatable bonds is 1. The van der Waals surface area contributed by atoms with Crippen LogP contribution in [0.1, 0.15) is 19.3 Å². The van der Waals surface area contributed by atoms with Crippen LogP contribution in [0.25, 0.3) is 0 Å². The Hall–Kier alpha value is -0.940. The minimum absolute atomic E-state index is 0.00384. The Bertz CT molecular complexity index is 391. The SMILES string of the molecule is NC1C2CCCOC2C1N1C(=O)C2CC2C1=O. The lowest BCUT2D eigenvalue weighted by atomic mass is 9.68. The van der Waals surface area contributed by atoms with Crippen molar-refractivity contribution in [2.75, 3.05) is 6.61 Å². The molecule has 2 saturated carbocycles. The van der Waals surface area contributed by atoms with Crippen molar-refractivity contribution in [2.24, 2.45) is 23.5 Å². The van der Waals surface area contributed by atoms with Crippen molar-refractivity contribution in [3.8, 4) is 0 Å². The minimum Gasteiger partial charge on any atom is -0.376 e. The predicted octanol–water partition coefficient (Wildman–Crippen LogP) is -0.504. The number of imide groups is 1. The van der Waals surface area contributed by atoms with E-state index < -0.39 is 0 Å². The van der Waals surface area contributed by atoms with E-state index in [0.717, 1.165) is 25.9 Å². The van der Waals surface area contributed by atoms with Gasteiger partial charge in [0.2, 0.25) is 11.8 Å². The zero-order valence-corrected chi connectivity index (χ0v) is 9.54. The lowest BCUT2D eigenvalue weighted by Crippen LogP contribution is -2.73. The summed E-state index contributed by atoms with van der Waals surface area (Å²) in [5.74, 6) is 0.266. The number of likely N-dealkylation sites (tertiary alicyclic amines) is 1. The van der Waals surface area contributed by atoms with Crippen molar-refractivity contribution in [3.05, 3.63) is 0 Å². The van der Waals surface area contributed by atoms with Crippen molar-refractivity contribution < 1.29 is 14.3 Å². The molecule has 2 amide bonds. The lowest BCUT2D eigenvalue weighted by molar-refractivity contribution is -0.175. The van der Waals surface area contributed by atoms with Gasteiger partial charge in [0.1, 0.15) is 0 Å². The highest BCUT2D eigenvalue weighted by atomic mass is 16.5. The van der Waals surface area contributed by atoms with E-state index in [9.17, 15) is 9.59 Å². The van der Waals surface area contributed by atoms with Crippen molar-refractivity contribution >= 4 is 11.8 Å². The van der Waals surface area contributed by atoms with E-state index in [1.807, 2.05) is 0 Å². The summed E-state index contributed by atoms with van der Waals surface area (Å²) >= 11 is 0. The fourth-order valence-corrected chi connectivity index (χ4v) is 3.74. The highest BCUT2D eigenvalue weighted by molar-refractivity contribution is 6.09. The Kier molecular flexibility index (Phi) is 1.82. The number of carbonyl (C=O) groups excluding carboxylic acids is 2. The number of hydrogen-bond donors (Lipinski definition) is 1. The fraction of sp³-hybridized carbons (Fsp3) is 0.833. The van der Waals surface area contributed by atoms with Gasteiger partial charge in [-0.2, -0.15) is 0 Å². The molecule has 4 fully saturated rings. The van der Waals surface area contributed by atoms with Crippen molar-refractivity contribution in [3.63, 3.8) is 0 Å². The smallest absolute Gasteiger partial charge is 0.233 e. The summed E-state index contributed by atoms with van der Waals surface area (Å²) in [6, 6.07) is -0.265. The number of piperidine rings is 1. The number of nitrogens with two attached hydrogens (primary N) is 1. The summed E-state index contributed by atoms with van der Waals surface area (Å²) in [6.07, 6.45) is 2.86. The van der Waals surface area contributed by atoms with Gasteiger partial charge in [-0.05, 0) is 19.3 Å². The zero-order valence-electron chi connectivity index (χ0n) is 9.54. The molecule has 2 heterocycles. The molecule has 0 bridgehead atoms. The van der Waals surface area contributed by atoms with Gasteiger partial charge in [0.25, 0.3) is 0 Å². The van der Waals surface area contributed by atoms with Gasteiger partial charge in [0, 0.05) is 18.6 Å². The topological polar surface area (TPSA) is 72.6 Å². The molecular formula is C12H16N2O3. The summed E-state index contributed by atoms with van der Waals surface area (Å²) in [5, 5.41) is 0. The van der Waals surface area contributed by atoms with Crippen LogP contribution in [0.3, 0.4) is 0 Å². The van der Waals surface area contributed by atoms with Crippen LogP contribution < -0.4 is 5.73 Å². The van der Waals surface area contributed by atoms with Gasteiger partial charge in [-0.1, -0.05) is 0 Å². The van der Waals surface area contributed by atoms with E-state index in [0.29, 0.717) is 5.92 Å². The van der Waals surface area contributed by atoms with E-state index in [1.165, 1.54) is 4.90 Å². The second-order valence-corrected chi connectivity index (χ2v) is 5.70. The first-order valence-electron chi connectivity index (χ1n) is 6.44. The zero-order chi connectivity index (χ0) is 11.7. The minimum atomic E-state index is -0.187. The average Bonchev–Trinajstić information content (AvgIpc) is 3.09. The van der Waals surface area contributed by atoms with E-state index >= 15 is 0 Å². The molecule has 0 aromatic carbocycles. The summed E-state index contributed by atoms with van der Waals surface area (Å²) in [7, 11) is 0. The molecule has 5 nitrogen and oxygen atoms in total. The Morgan fingerprint density at radius 1 is 1.24 bits per heavy atom. The van der Waals surface area contributed by atoms with Gasteiger partial charge in [-0.15, -0.1) is 0 Å². The Morgan fingerprint density at radius 2 is 1.94 bits per heavy atom. The maximum absolute atomic E-state index is 12.0. The highest BCUT2D eigenvalue weighted by Gasteiger charge is 2.65. The Morgan fingerprint density at radius 3 is 2.65 bits per heavy atom. The standard InChI is InChI=1S/C12H16N2O3/c13-8-5-2-1-3-17-10(5)9(8)14-11(15)6-4-7(6)12(14)16/h5-10H,1-4,13H2. The van der Waals surface area contributed by atoms with E-state index in [1.54, 1.807) is 0 Å². The summed E-state index contributed by atoms with van der Waals surface area (Å²) in [5.41, 5.74) is 6.12. The molecule has 2 saturated heterocycles. The van der Waals surface area contributed by atoms with Crippen LogP contribution in [0.4, 0.5) is 0 Å². The van der Waals surface area contributed by atoms with Gasteiger partial charge < -0.3 is 10.5 Å². The molecule has 92 valence electrons. The van der Waals surface area contributed by atoms with Gasteiger partial charge in [-0.3, -0.25) is 14.5 Å². The third kappa shape index (κ3) is 1.11. The number of ether oxygens (including phenoxy) is 1.